The molecule has 3 aromatic rings. The van der Waals surface area contributed by atoms with Crippen molar-refractivity contribution in [2.45, 2.75) is 13.5 Å². The lowest BCUT2D eigenvalue weighted by Crippen LogP contribution is -2.36. The van der Waals surface area contributed by atoms with Crippen LogP contribution in [0.5, 0.6) is 0 Å². The van der Waals surface area contributed by atoms with Crippen molar-refractivity contribution in [1.82, 2.24) is 15.6 Å². The van der Waals surface area contributed by atoms with Crippen LogP contribution in [-0.4, -0.2) is 23.3 Å². The van der Waals surface area contributed by atoms with Crippen LogP contribution in [0.4, 0.5) is 0 Å². The van der Waals surface area contributed by atoms with Crippen LogP contribution in [-0.2, 0) is 11.3 Å². The Morgan fingerprint density at radius 3 is 2.67 bits per heavy atom. The fraction of sp³-hybridized carbons (Fsp3) is 0.167. The third-order valence-electron chi connectivity index (χ3n) is 3.49. The Hall–Kier alpha value is -3.15. The number of oxazole rings is 1. The SMILES string of the molecule is Cc1nc2cc(CNC(=O)CNC(=O)c3ccccc3)ccc2o1. The highest BCUT2D eigenvalue weighted by molar-refractivity contribution is 5.96. The number of nitrogens with one attached hydrogen (secondary N) is 2. The van der Waals surface area contributed by atoms with Gasteiger partial charge in [-0.2, -0.15) is 0 Å². The van der Waals surface area contributed by atoms with E-state index in [1.54, 1.807) is 31.2 Å². The molecule has 2 N–H and O–H groups in total. The lowest BCUT2D eigenvalue weighted by molar-refractivity contribution is -0.120. The highest BCUT2D eigenvalue weighted by Gasteiger charge is 2.08. The largest absolute Gasteiger partial charge is 0.441 e. The number of carbonyl (C=O) groups excluding carboxylic acids is 2. The first-order chi connectivity index (χ1) is 11.6. The number of benzene rings is 2. The number of amides is 2. The fourth-order valence-electron chi connectivity index (χ4n) is 2.31. The molecule has 0 saturated carbocycles. The van der Waals surface area contributed by atoms with Gasteiger partial charge < -0.3 is 15.1 Å². The van der Waals surface area contributed by atoms with Gasteiger partial charge in [-0.3, -0.25) is 9.59 Å². The van der Waals surface area contributed by atoms with E-state index in [1.165, 1.54) is 0 Å². The van der Waals surface area contributed by atoms with Crippen LogP contribution in [0.1, 0.15) is 21.8 Å². The average molecular weight is 323 g/mol. The summed E-state index contributed by atoms with van der Waals surface area (Å²) in [5.74, 6) is 0.0794. The van der Waals surface area contributed by atoms with Crippen LogP contribution in [0.15, 0.2) is 52.9 Å². The zero-order chi connectivity index (χ0) is 16.9. The van der Waals surface area contributed by atoms with Gasteiger partial charge >= 0.3 is 0 Å². The number of hydrogen-bond donors (Lipinski definition) is 2. The second kappa shape index (κ2) is 6.95. The first-order valence-electron chi connectivity index (χ1n) is 7.58. The number of rotatable bonds is 5. The van der Waals surface area contributed by atoms with Gasteiger partial charge in [-0.05, 0) is 29.8 Å². The molecule has 6 nitrogen and oxygen atoms in total. The van der Waals surface area contributed by atoms with Crippen molar-refractivity contribution in [1.29, 1.82) is 0 Å². The average Bonchev–Trinajstić information content (AvgIpc) is 2.97. The number of hydrogen-bond acceptors (Lipinski definition) is 4. The van der Waals surface area contributed by atoms with Crippen molar-refractivity contribution in [3.05, 3.63) is 65.5 Å². The summed E-state index contributed by atoms with van der Waals surface area (Å²) in [4.78, 5) is 28.0. The minimum absolute atomic E-state index is 0.0704. The first-order valence-corrected chi connectivity index (χ1v) is 7.58. The van der Waals surface area contributed by atoms with Crippen LogP contribution in [0, 0.1) is 6.92 Å². The van der Waals surface area contributed by atoms with E-state index in [1.807, 2.05) is 24.3 Å². The first kappa shape index (κ1) is 15.7. The molecule has 0 atom stereocenters. The molecule has 24 heavy (non-hydrogen) atoms. The minimum atomic E-state index is -0.273. The molecule has 1 heterocycles. The highest BCUT2D eigenvalue weighted by atomic mass is 16.3. The van der Waals surface area contributed by atoms with Crippen LogP contribution >= 0.6 is 0 Å². The molecular weight excluding hydrogens is 306 g/mol. The molecule has 0 aliphatic carbocycles. The van der Waals surface area contributed by atoms with Gasteiger partial charge in [-0.25, -0.2) is 4.98 Å². The molecule has 1 aromatic heterocycles. The van der Waals surface area contributed by atoms with Gasteiger partial charge in [-0.15, -0.1) is 0 Å². The van der Waals surface area contributed by atoms with Gasteiger partial charge in [0.05, 0.1) is 6.54 Å². The summed E-state index contributed by atoms with van der Waals surface area (Å²) < 4.78 is 5.41. The Kier molecular flexibility index (Phi) is 4.56. The fourth-order valence-corrected chi connectivity index (χ4v) is 2.31. The lowest BCUT2D eigenvalue weighted by Gasteiger charge is -2.07. The Morgan fingerprint density at radius 1 is 1.08 bits per heavy atom. The molecule has 122 valence electrons. The normalized spacial score (nSPS) is 10.5. The predicted molar refractivity (Wildman–Crippen MR) is 89.4 cm³/mol. The van der Waals surface area contributed by atoms with Gasteiger partial charge in [0.15, 0.2) is 11.5 Å². The van der Waals surface area contributed by atoms with Crippen LogP contribution in [0.2, 0.25) is 0 Å². The summed E-state index contributed by atoms with van der Waals surface area (Å²) in [5, 5.41) is 5.35. The summed E-state index contributed by atoms with van der Waals surface area (Å²) in [6.45, 7) is 2.08. The summed E-state index contributed by atoms with van der Waals surface area (Å²) in [7, 11) is 0. The maximum atomic E-state index is 11.9. The summed E-state index contributed by atoms with van der Waals surface area (Å²) >= 11 is 0. The smallest absolute Gasteiger partial charge is 0.251 e. The number of aromatic nitrogens is 1. The molecule has 0 aliphatic rings. The predicted octanol–water partition coefficient (Wildman–Crippen LogP) is 2.18. The van der Waals surface area contributed by atoms with Gasteiger partial charge in [0.2, 0.25) is 5.91 Å². The molecular formula is C18H17N3O3. The molecule has 6 heteroatoms. The van der Waals surface area contributed by atoms with E-state index in [0.29, 0.717) is 18.0 Å². The van der Waals surface area contributed by atoms with Crippen LogP contribution in [0.25, 0.3) is 11.1 Å². The molecule has 0 unspecified atom stereocenters. The van der Waals surface area contributed by atoms with Gasteiger partial charge in [0.1, 0.15) is 5.52 Å². The third-order valence-corrected chi connectivity index (χ3v) is 3.49. The van der Waals surface area contributed by atoms with Crippen molar-refractivity contribution in [2.75, 3.05) is 6.54 Å². The van der Waals surface area contributed by atoms with Crippen LogP contribution in [0.3, 0.4) is 0 Å². The monoisotopic (exact) mass is 323 g/mol. The zero-order valence-electron chi connectivity index (χ0n) is 13.2. The molecule has 2 aromatic carbocycles. The quantitative estimate of drug-likeness (QED) is 0.754. The molecule has 0 spiro atoms. The van der Waals surface area contributed by atoms with E-state index in [-0.39, 0.29) is 18.4 Å². The molecule has 2 amide bonds. The zero-order valence-corrected chi connectivity index (χ0v) is 13.2. The van der Waals surface area contributed by atoms with E-state index in [2.05, 4.69) is 15.6 Å². The number of fused-ring (bicyclic) bond motifs is 1. The van der Waals surface area contributed by atoms with Crippen molar-refractivity contribution in [3.8, 4) is 0 Å². The summed E-state index contributed by atoms with van der Waals surface area (Å²) in [6, 6.07) is 14.3. The minimum Gasteiger partial charge on any atom is -0.441 e. The maximum Gasteiger partial charge on any atom is 0.251 e. The van der Waals surface area contributed by atoms with Crippen molar-refractivity contribution < 1.29 is 14.0 Å². The van der Waals surface area contributed by atoms with Crippen molar-refractivity contribution in [2.24, 2.45) is 0 Å². The van der Waals surface area contributed by atoms with E-state index in [9.17, 15) is 9.59 Å². The van der Waals surface area contributed by atoms with Crippen LogP contribution < -0.4 is 10.6 Å². The molecule has 0 bridgehead atoms. The summed E-state index contributed by atoms with van der Waals surface area (Å²) in [6.07, 6.45) is 0. The lowest BCUT2D eigenvalue weighted by atomic mass is 10.2. The molecule has 0 saturated heterocycles. The van der Waals surface area contributed by atoms with Crippen molar-refractivity contribution >= 4 is 22.9 Å². The van der Waals surface area contributed by atoms with E-state index >= 15 is 0 Å². The maximum absolute atomic E-state index is 11.9. The number of aryl methyl sites for hydroxylation is 1. The van der Waals surface area contributed by atoms with Crippen molar-refractivity contribution in [3.63, 3.8) is 0 Å². The number of carbonyl (C=O) groups is 2. The van der Waals surface area contributed by atoms with E-state index in [4.69, 9.17) is 4.42 Å². The summed E-state index contributed by atoms with van der Waals surface area (Å²) in [5.41, 5.74) is 2.92. The topological polar surface area (TPSA) is 84.2 Å². The second-order valence-electron chi connectivity index (χ2n) is 5.36. The standard InChI is InChI=1S/C18H17N3O3/c1-12-21-15-9-13(7-8-16(15)24-12)10-19-17(22)11-20-18(23)14-5-3-2-4-6-14/h2-9H,10-11H2,1H3,(H,19,22)(H,20,23). The van der Waals surface area contributed by atoms with E-state index < -0.39 is 0 Å². The molecule has 0 fully saturated rings. The molecule has 0 radical (unpaired) electrons. The Morgan fingerprint density at radius 2 is 1.88 bits per heavy atom. The van der Waals surface area contributed by atoms with Gasteiger partial charge in [0, 0.05) is 19.0 Å². The van der Waals surface area contributed by atoms with Gasteiger partial charge in [-0.1, -0.05) is 24.3 Å². The van der Waals surface area contributed by atoms with Gasteiger partial charge in [0.25, 0.3) is 5.91 Å². The highest BCUT2D eigenvalue weighted by Crippen LogP contribution is 2.16. The molecule has 0 aliphatic heterocycles. The Bertz CT molecular complexity index is 872. The third kappa shape index (κ3) is 3.78. The Balaban J connectivity index is 1.50. The molecule has 3 rings (SSSR count). The number of nitrogens with zero attached hydrogens (tertiary/aromatic N) is 1. The Labute approximate surface area is 138 Å². The van der Waals surface area contributed by atoms with E-state index in [0.717, 1.165) is 16.7 Å². The second-order valence-corrected chi connectivity index (χ2v) is 5.36.